The fourth-order valence-electron chi connectivity index (χ4n) is 2.79. The van der Waals surface area contributed by atoms with E-state index in [4.69, 9.17) is 4.74 Å². The fourth-order valence-corrected chi connectivity index (χ4v) is 2.79. The summed E-state index contributed by atoms with van der Waals surface area (Å²) >= 11 is 0. The second-order valence-corrected chi connectivity index (χ2v) is 6.19. The number of alkyl halides is 7. The molecule has 0 saturated heterocycles. The molecule has 2 heterocycles. The van der Waals surface area contributed by atoms with Gasteiger partial charge in [0.2, 0.25) is 5.69 Å². The van der Waals surface area contributed by atoms with E-state index in [9.17, 15) is 35.9 Å². The van der Waals surface area contributed by atoms with E-state index >= 15 is 0 Å². The van der Waals surface area contributed by atoms with Crippen LogP contribution in [0.4, 0.5) is 30.7 Å². The molecule has 3 nitrogen and oxygen atoms in total. The van der Waals surface area contributed by atoms with Gasteiger partial charge in [0.1, 0.15) is 19.1 Å². The van der Waals surface area contributed by atoms with Crippen LogP contribution in [0.5, 0.6) is 5.75 Å². The van der Waals surface area contributed by atoms with E-state index in [-0.39, 0.29) is 22.6 Å². The minimum Gasteiger partial charge on any atom is -0.618 e. The van der Waals surface area contributed by atoms with Crippen molar-refractivity contribution in [3.8, 4) is 5.75 Å². The summed E-state index contributed by atoms with van der Waals surface area (Å²) < 4.78 is 98.1. The number of benzene rings is 1. The number of halogens is 7. The van der Waals surface area contributed by atoms with E-state index in [1.807, 2.05) is 0 Å². The zero-order valence-corrected chi connectivity index (χ0v) is 13.9. The predicted molar refractivity (Wildman–Crippen MR) is 84.2 cm³/mol. The molecule has 28 heavy (non-hydrogen) atoms. The first kappa shape index (κ1) is 20.0. The number of ether oxygens (including phenoxy) is 1. The first-order valence-electron chi connectivity index (χ1n) is 7.86. The Morgan fingerprint density at radius 2 is 1.68 bits per heavy atom. The lowest BCUT2D eigenvalue weighted by Gasteiger charge is -2.33. The molecule has 0 spiro atoms. The highest BCUT2D eigenvalue weighted by atomic mass is 19.4. The molecule has 0 amide bonds. The maximum absolute atomic E-state index is 13.8. The minimum absolute atomic E-state index is 0.189. The molecule has 1 aliphatic rings. The summed E-state index contributed by atoms with van der Waals surface area (Å²) in [4.78, 5) is 0. The third-order valence-corrected chi connectivity index (χ3v) is 4.26. The standard InChI is InChI=1S/C18H12F7NO2/c19-9-16(10-20)8-13(14-3-1-2-6-26(14)27)12-7-11(4-5-15(12)28-16)17(21,22)18(23,24)25/h1-8H,9-10H2. The highest BCUT2D eigenvalue weighted by molar-refractivity contribution is 5.82. The molecule has 10 heteroatoms. The maximum atomic E-state index is 13.8. The van der Waals surface area contributed by atoms with E-state index in [0.29, 0.717) is 16.9 Å². The molecular weight excluding hydrogens is 395 g/mol. The average molecular weight is 407 g/mol. The van der Waals surface area contributed by atoms with Gasteiger partial charge in [0.05, 0.1) is 5.57 Å². The van der Waals surface area contributed by atoms with Crippen LogP contribution in [0.2, 0.25) is 0 Å². The Labute approximate surface area is 154 Å². The van der Waals surface area contributed by atoms with Crippen LogP contribution in [-0.2, 0) is 5.92 Å². The second-order valence-electron chi connectivity index (χ2n) is 6.19. The molecule has 3 rings (SSSR count). The zero-order valence-electron chi connectivity index (χ0n) is 13.9. The SMILES string of the molecule is [O-][n+]1ccccc1C1=CC(CF)(CF)Oc2ccc(C(F)(F)C(F)(F)F)cc21. The van der Waals surface area contributed by atoms with Gasteiger partial charge < -0.3 is 9.94 Å². The summed E-state index contributed by atoms with van der Waals surface area (Å²) in [5, 5.41) is 12.1. The number of hydrogen-bond donors (Lipinski definition) is 0. The Balaban J connectivity index is 2.25. The number of hydrogen-bond acceptors (Lipinski definition) is 2. The number of nitrogens with zero attached hydrogens (tertiary/aromatic N) is 1. The van der Waals surface area contributed by atoms with Gasteiger partial charge in [-0.3, -0.25) is 0 Å². The number of fused-ring (bicyclic) bond motifs is 1. The molecule has 1 aromatic carbocycles. The molecular formula is C18H12F7NO2. The summed E-state index contributed by atoms with van der Waals surface area (Å²) in [6.45, 7) is -2.70. The van der Waals surface area contributed by atoms with Crippen LogP contribution in [-0.4, -0.2) is 25.1 Å². The van der Waals surface area contributed by atoms with Gasteiger partial charge >= 0.3 is 12.1 Å². The van der Waals surface area contributed by atoms with Crippen LogP contribution in [0.3, 0.4) is 0 Å². The molecule has 0 unspecified atom stereocenters. The van der Waals surface area contributed by atoms with Crippen molar-refractivity contribution in [3.05, 3.63) is 70.7 Å². The number of pyridine rings is 1. The Kier molecular flexibility index (Phi) is 4.76. The van der Waals surface area contributed by atoms with E-state index in [0.717, 1.165) is 18.3 Å². The van der Waals surface area contributed by atoms with E-state index in [1.165, 1.54) is 18.2 Å². The lowest BCUT2D eigenvalue weighted by atomic mass is 9.89. The van der Waals surface area contributed by atoms with Gasteiger partial charge in [-0.25, -0.2) is 8.78 Å². The van der Waals surface area contributed by atoms with Crippen LogP contribution >= 0.6 is 0 Å². The lowest BCUT2D eigenvalue weighted by molar-refractivity contribution is -0.608. The monoisotopic (exact) mass is 407 g/mol. The summed E-state index contributed by atoms with van der Waals surface area (Å²) in [5.74, 6) is -5.50. The molecule has 0 bridgehead atoms. The molecule has 0 N–H and O–H groups in total. The predicted octanol–water partition coefficient (Wildman–Crippen LogP) is 4.48. The summed E-state index contributed by atoms with van der Waals surface area (Å²) in [5.41, 5.74) is -4.23. The fraction of sp³-hybridized carbons (Fsp3) is 0.278. The normalized spacial score (nSPS) is 16.2. The van der Waals surface area contributed by atoms with Crippen LogP contribution in [0.15, 0.2) is 48.7 Å². The highest BCUT2D eigenvalue weighted by Gasteiger charge is 2.59. The summed E-state index contributed by atoms with van der Waals surface area (Å²) in [6, 6.07) is 5.73. The van der Waals surface area contributed by atoms with E-state index in [2.05, 4.69) is 0 Å². The average Bonchev–Trinajstić information content (AvgIpc) is 2.66. The van der Waals surface area contributed by atoms with Gasteiger partial charge in [-0.15, -0.1) is 0 Å². The molecule has 0 atom stereocenters. The van der Waals surface area contributed by atoms with Crippen molar-refractivity contribution in [2.45, 2.75) is 17.7 Å². The van der Waals surface area contributed by atoms with Crippen molar-refractivity contribution in [1.29, 1.82) is 0 Å². The van der Waals surface area contributed by atoms with Crippen LogP contribution in [0, 0.1) is 5.21 Å². The second kappa shape index (κ2) is 6.68. The van der Waals surface area contributed by atoms with Crippen molar-refractivity contribution >= 4 is 5.57 Å². The molecule has 0 radical (unpaired) electrons. The molecule has 1 aliphatic heterocycles. The Hall–Kier alpha value is -2.78. The molecule has 0 aliphatic carbocycles. The number of rotatable bonds is 4. The zero-order chi connectivity index (χ0) is 20.7. The van der Waals surface area contributed by atoms with Crippen LogP contribution in [0.1, 0.15) is 16.8 Å². The van der Waals surface area contributed by atoms with Crippen molar-refractivity contribution in [3.63, 3.8) is 0 Å². The topological polar surface area (TPSA) is 36.2 Å². The maximum Gasteiger partial charge on any atom is 0.458 e. The molecule has 1 aromatic heterocycles. The first-order chi connectivity index (χ1) is 13.0. The molecule has 0 saturated carbocycles. The molecule has 2 aromatic rings. The third-order valence-electron chi connectivity index (χ3n) is 4.26. The first-order valence-corrected chi connectivity index (χ1v) is 7.86. The Bertz CT molecular complexity index is 920. The van der Waals surface area contributed by atoms with E-state index in [1.54, 1.807) is 0 Å². The van der Waals surface area contributed by atoms with Gasteiger partial charge in [0.25, 0.3) is 0 Å². The lowest BCUT2D eigenvalue weighted by Crippen LogP contribution is -2.42. The number of aromatic nitrogens is 1. The molecule has 150 valence electrons. The van der Waals surface area contributed by atoms with Gasteiger partial charge in [-0.05, 0) is 30.3 Å². The van der Waals surface area contributed by atoms with Crippen molar-refractivity contribution in [2.24, 2.45) is 0 Å². The van der Waals surface area contributed by atoms with Gasteiger partial charge in [0, 0.05) is 23.3 Å². The third kappa shape index (κ3) is 3.16. The minimum atomic E-state index is -5.85. The Morgan fingerprint density at radius 1 is 1.00 bits per heavy atom. The van der Waals surface area contributed by atoms with Crippen LogP contribution < -0.4 is 9.47 Å². The summed E-state index contributed by atoms with van der Waals surface area (Å²) in [7, 11) is 0. The smallest absolute Gasteiger partial charge is 0.458 e. The van der Waals surface area contributed by atoms with Gasteiger partial charge in [-0.2, -0.15) is 26.7 Å². The Morgan fingerprint density at radius 3 is 2.25 bits per heavy atom. The van der Waals surface area contributed by atoms with Gasteiger partial charge in [0.15, 0.2) is 11.8 Å². The van der Waals surface area contributed by atoms with E-state index < -0.39 is 36.6 Å². The van der Waals surface area contributed by atoms with Crippen LogP contribution in [0.25, 0.3) is 5.57 Å². The highest BCUT2D eigenvalue weighted by Crippen LogP contribution is 2.47. The van der Waals surface area contributed by atoms with Crippen molar-refractivity contribution in [2.75, 3.05) is 13.3 Å². The quantitative estimate of drug-likeness (QED) is 0.426. The summed E-state index contributed by atoms with van der Waals surface area (Å²) in [6.07, 6.45) is -3.92. The largest absolute Gasteiger partial charge is 0.618 e. The van der Waals surface area contributed by atoms with Crippen molar-refractivity contribution in [1.82, 2.24) is 0 Å². The van der Waals surface area contributed by atoms with Gasteiger partial charge in [-0.1, -0.05) is 0 Å². The van der Waals surface area contributed by atoms with Crippen molar-refractivity contribution < 1.29 is 40.2 Å². The molecule has 0 fully saturated rings.